The molecule has 0 saturated heterocycles. The molecule has 0 radical (unpaired) electrons. The number of hydrogen-bond acceptors (Lipinski definition) is 4. The Balaban J connectivity index is 1.67. The van der Waals surface area contributed by atoms with Crippen LogP contribution in [-0.4, -0.2) is 33.0 Å². The standard InChI is InChI=1S/C21H29ClN2OS/c1-16-5-10-21(22)18(13-16)11-12-23-14-17(2)15-25-20-8-6-19(7-9-20)24(3)26-4/h5-10,13,17,23H,11-12,14-15H2,1-4H3. The van der Waals surface area contributed by atoms with Gasteiger partial charge in [0.15, 0.2) is 0 Å². The van der Waals surface area contributed by atoms with Crippen LogP contribution in [0.15, 0.2) is 42.5 Å². The van der Waals surface area contributed by atoms with Crippen LogP contribution in [0, 0.1) is 12.8 Å². The second-order valence-corrected chi connectivity index (χ2v) is 7.96. The molecule has 142 valence electrons. The Morgan fingerprint density at radius 2 is 1.92 bits per heavy atom. The lowest BCUT2D eigenvalue weighted by Crippen LogP contribution is -2.26. The highest BCUT2D eigenvalue weighted by atomic mass is 35.5. The maximum Gasteiger partial charge on any atom is 0.119 e. The second-order valence-electron chi connectivity index (χ2n) is 6.64. The fourth-order valence-corrected chi connectivity index (χ4v) is 3.17. The molecule has 2 rings (SSSR count). The van der Waals surface area contributed by atoms with E-state index in [0.29, 0.717) is 12.5 Å². The summed E-state index contributed by atoms with van der Waals surface area (Å²) in [4.78, 5) is 0. The van der Waals surface area contributed by atoms with Crippen molar-refractivity contribution in [3.8, 4) is 5.75 Å². The number of aryl methyl sites for hydroxylation is 1. The second kappa shape index (κ2) is 10.7. The van der Waals surface area contributed by atoms with E-state index in [4.69, 9.17) is 16.3 Å². The Hall–Kier alpha value is -1.36. The van der Waals surface area contributed by atoms with Gasteiger partial charge in [0.25, 0.3) is 0 Å². The van der Waals surface area contributed by atoms with Gasteiger partial charge in [-0.25, -0.2) is 0 Å². The van der Waals surface area contributed by atoms with Crippen LogP contribution in [0.4, 0.5) is 5.69 Å². The topological polar surface area (TPSA) is 24.5 Å². The first-order valence-corrected chi connectivity index (χ1v) is 10.5. The van der Waals surface area contributed by atoms with Crippen molar-refractivity contribution in [3.05, 3.63) is 58.6 Å². The van der Waals surface area contributed by atoms with Crippen LogP contribution in [0.1, 0.15) is 18.1 Å². The zero-order chi connectivity index (χ0) is 18.9. The molecule has 0 amide bonds. The summed E-state index contributed by atoms with van der Waals surface area (Å²) < 4.78 is 8.02. The highest BCUT2D eigenvalue weighted by molar-refractivity contribution is 7.99. The minimum Gasteiger partial charge on any atom is -0.493 e. The lowest BCUT2D eigenvalue weighted by atomic mass is 10.1. The molecule has 0 fully saturated rings. The molecular formula is C21H29ClN2OS. The quantitative estimate of drug-likeness (QED) is 0.443. The van der Waals surface area contributed by atoms with Crippen molar-refractivity contribution in [1.82, 2.24) is 5.32 Å². The molecule has 1 atom stereocenters. The SMILES string of the molecule is CSN(C)c1ccc(OCC(C)CNCCc2cc(C)ccc2Cl)cc1. The van der Waals surface area contributed by atoms with E-state index >= 15 is 0 Å². The largest absolute Gasteiger partial charge is 0.493 e. The molecule has 1 unspecified atom stereocenters. The smallest absolute Gasteiger partial charge is 0.119 e. The van der Waals surface area contributed by atoms with E-state index < -0.39 is 0 Å². The summed E-state index contributed by atoms with van der Waals surface area (Å²) in [6.07, 6.45) is 3.00. The molecule has 5 heteroatoms. The minimum atomic E-state index is 0.441. The molecule has 0 bridgehead atoms. The van der Waals surface area contributed by atoms with Crippen molar-refractivity contribution in [2.24, 2.45) is 5.92 Å². The molecule has 0 spiro atoms. The highest BCUT2D eigenvalue weighted by Gasteiger charge is 2.05. The fraction of sp³-hybridized carbons (Fsp3) is 0.429. The van der Waals surface area contributed by atoms with Gasteiger partial charge in [-0.1, -0.05) is 48.2 Å². The molecule has 0 aliphatic carbocycles. The van der Waals surface area contributed by atoms with Gasteiger partial charge in [-0.3, -0.25) is 0 Å². The van der Waals surface area contributed by atoms with Gasteiger partial charge in [-0.2, -0.15) is 0 Å². The first kappa shape index (κ1) is 20.9. The Kier molecular flexibility index (Phi) is 8.63. The molecule has 26 heavy (non-hydrogen) atoms. The van der Waals surface area contributed by atoms with Crippen LogP contribution in [0.25, 0.3) is 0 Å². The molecular weight excluding hydrogens is 364 g/mol. The Labute approximate surface area is 167 Å². The summed E-state index contributed by atoms with van der Waals surface area (Å²) in [5, 5.41) is 4.35. The van der Waals surface area contributed by atoms with E-state index in [0.717, 1.165) is 30.3 Å². The first-order valence-electron chi connectivity index (χ1n) is 8.96. The van der Waals surface area contributed by atoms with E-state index in [1.54, 1.807) is 11.9 Å². The van der Waals surface area contributed by atoms with Crippen LogP contribution in [0.5, 0.6) is 5.75 Å². The van der Waals surface area contributed by atoms with Gasteiger partial charge >= 0.3 is 0 Å². The number of rotatable bonds is 10. The molecule has 0 saturated carbocycles. The van der Waals surface area contributed by atoms with E-state index in [-0.39, 0.29) is 0 Å². The average molecular weight is 393 g/mol. The van der Waals surface area contributed by atoms with E-state index in [1.165, 1.54) is 16.8 Å². The van der Waals surface area contributed by atoms with Crippen LogP contribution in [0.2, 0.25) is 5.02 Å². The average Bonchev–Trinajstić information content (AvgIpc) is 2.66. The third-order valence-corrected chi connectivity index (χ3v) is 5.40. The Morgan fingerprint density at radius 3 is 2.62 bits per heavy atom. The normalized spacial score (nSPS) is 12.0. The lowest BCUT2D eigenvalue weighted by molar-refractivity contribution is 0.256. The molecule has 3 nitrogen and oxygen atoms in total. The zero-order valence-corrected chi connectivity index (χ0v) is 17.7. The maximum atomic E-state index is 6.24. The third-order valence-electron chi connectivity index (χ3n) is 4.27. The predicted octanol–water partition coefficient (Wildman–Crippen LogP) is 5.21. The molecule has 0 aliphatic heterocycles. The van der Waals surface area contributed by atoms with Gasteiger partial charge in [0.2, 0.25) is 0 Å². The van der Waals surface area contributed by atoms with Crippen molar-refractivity contribution < 1.29 is 4.74 Å². The van der Waals surface area contributed by atoms with Gasteiger partial charge in [0, 0.05) is 36.5 Å². The summed E-state index contributed by atoms with van der Waals surface area (Å²) in [7, 11) is 2.05. The van der Waals surface area contributed by atoms with Gasteiger partial charge in [-0.05, 0) is 55.8 Å². The molecule has 2 aromatic rings. The number of hydrogen-bond donors (Lipinski definition) is 1. The molecule has 1 N–H and O–H groups in total. The van der Waals surface area contributed by atoms with E-state index in [9.17, 15) is 0 Å². The molecule has 2 aromatic carbocycles. The van der Waals surface area contributed by atoms with Crippen LogP contribution in [-0.2, 0) is 6.42 Å². The Morgan fingerprint density at radius 1 is 1.19 bits per heavy atom. The number of anilines is 1. The summed E-state index contributed by atoms with van der Waals surface area (Å²) >= 11 is 7.93. The molecule has 0 heterocycles. The number of benzene rings is 2. The highest BCUT2D eigenvalue weighted by Crippen LogP contribution is 2.22. The van der Waals surface area contributed by atoms with Crippen LogP contribution < -0.4 is 14.4 Å². The Bertz CT molecular complexity index is 678. The summed E-state index contributed by atoms with van der Waals surface area (Å²) in [6, 6.07) is 14.4. The van der Waals surface area contributed by atoms with Gasteiger partial charge < -0.3 is 14.4 Å². The lowest BCUT2D eigenvalue weighted by Gasteiger charge is -2.17. The monoisotopic (exact) mass is 392 g/mol. The summed E-state index contributed by atoms with van der Waals surface area (Å²) in [5.41, 5.74) is 3.63. The number of ether oxygens (including phenoxy) is 1. The first-order chi connectivity index (χ1) is 12.5. The zero-order valence-electron chi connectivity index (χ0n) is 16.1. The van der Waals surface area contributed by atoms with Gasteiger partial charge in [-0.15, -0.1) is 0 Å². The fourth-order valence-electron chi connectivity index (χ4n) is 2.62. The predicted molar refractivity (Wildman–Crippen MR) is 116 cm³/mol. The van der Waals surface area contributed by atoms with Gasteiger partial charge in [0.05, 0.1) is 6.61 Å². The molecule has 0 aromatic heterocycles. The van der Waals surface area contributed by atoms with Crippen molar-refractivity contribution in [3.63, 3.8) is 0 Å². The number of nitrogens with zero attached hydrogens (tertiary/aromatic N) is 1. The summed E-state index contributed by atoms with van der Waals surface area (Å²) in [6.45, 7) is 6.84. The van der Waals surface area contributed by atoms with Crippen LogP contribution in [0.3, 0.4) is 0 Å². The van der Waals surface area contributed by atoms with Gasteiger partial charge in [0.1, 0.15) is 5.75 Å². The molecule has 0 aliphatic rings. The van der Waals surface area contributed by atoms with E-state index in [2.05, 4.69) is 55.0 Å². The maximum absolute atomic E-state index is 6.24. The van der Waals surface area contributed by atoms with Crippen molar-refractivity contribution in [2.75, 3.05) is 37.3 Å². The van der Waals surface area contributed by atoms with Crippen molar-refractivity contribution in [1.29, 1.82) is 0 Å². The van der Waals surface area contributed by atoms with E-state index in [1.807, 2.05) is 24.3 Å². The summed E-state index contributed by atoms with van der Waals surface area (Å²) in [5.74, 6) is 1.36. The third kappa shape index (κ3) is 6.75. The number of nitrogens with one attached hydrogen (secondary N) is 1. The van der Waals surface area contributed by atoms with Crippen molar-refractivity contribution in [2.45, 2.75) is 20.3 Å². The minimum absolute atomic E-state index is 0.441. The van der Waals surface area contributed by atoms with Crippen molar-refractivity contribution >= 4 is 29.2 Å². The number of halogens is 1. The van der Waals surface area contributed by atoms with Crippen LogP contribution >= 0.6 is 23.5 Å².